The summed E-state index contributed by atoms with van der Waals surface area (Å²) in [6.45, 7) is 0. The fourth-order valence-corrected chi connectivity index (χ4v) is 3.45. The van der Waals surface area contributed by atoms with Crippen molar-refractivity contribution in [3.8, 4) is 17.6 Å². The van der Waals surface area contributed by atoms with Gasteiger partial charge in [-0.3, -0.25) is 0 Å². The summed E-state index contributed by atoms with van der Waals surface area (Å²) in [5, 5.41) is 18.7. The molecule has 3 atom stereocenters. The van der Waals surface area contributed by atoms with Crippen molar-refractivity contribution in [1.82, 2.24) is 0 Å². The molecule has 3 rings (SSSR count). The van der Waals surface area contributed by atoms with Gasteiger partial charge < -0.3 is 14.4 Å². The number of benzene rings is 2. The maximum Gasteiger partial charge on any atom is 0.312 e. The van der Waals surface area contributed by atoms with Crippen LogP contribution in [-0.4, -0.2) is 19.8 Å². The Morgan fingerprint density at radius 3 is 2.59 bits per heavy atom. The van der Waals surface area contributed by atoms with Crippen LogP contribution in [0.1, 0.15) is 34.5 Å². The summed E-state index contributed by atoms with van der Waals surface area (Å²) in [4.78, 5) is 0. The van der Waals surface area contributed by atoms with Crippen molar-refractivity contribution in [2.24, 2.45) is 0 Å². The molecule has 2 aromatic carbocycles. The van der Waals surface area contributed by atoms with E-state index in [9.17, 15) is 26.9 Å². The molecule has 0 bridgehead atoms. The zero-order valence-electron chi connectivity index (χ0n) is 13.3. The van der Waals surface area contributed by atoms with Crippen LogP contribution < -0.4 is 4.74 Å². The molecule has 0 radical (unpaired) electrons. The number of hydrogen-bond acceptors (Lipinski definition) is 4. The smallest absolute Gasteiger partial charge is 0.312 e. The molecule has 1 unspecified atom stereocenters. The van der Waals surface area contributed by atoms with E-state index in [-0.39, 0.29) is 16.9 Å². The number of halogens is 4. The molecule has 0 heterocycles. The highest BCUT2D eigenvalue weighted by Crippen LogP contribution is 2.56. The third kappa shape index (κ3) is 3.41. The van der Waals surface area contributed by atoms with Crippen LogP contribution in [0.15, 0.2) is 30.3 Å². The van der Waals surface area contributed by atoms with E-state index < -0.39 is 57.7 Å². The normalized spacial score (nSPS) is 21.4. The first kappa shape index (κ1) is 19.3. The number of aliphatic hydroxyl groups excluding tert-OH is 1. The lowest BCUT2D eigenvalue weighted by Gasteiger charge is -2.16. The number of aliphatic hydroxyl groups is 1. The minimum Gasteiger partial charge on any atom is -0.457 e. The number of ether oxygens (including phenoxy) is 1. The van der Waals surface area contributed by atoms with Crippen LogP contribution in [0.3, 0.4) is 0 Å². The quantitative estimate of drug-likeness (QED) is 0.599. The van der Waals surface area contributed by atoms with Gasteiger partial charge >= 0.3 is 5.92 Å². The third-order valence-electron chi connectivity index (χ3n) is 4.07. The molecule has 0 aliphatic heterocycles. The average Bonchev–Trinajstić information content (AvgIpc) is 2.77. The van der Waals surface area contributed by atoms with E-state index in [1.165, 1.54) is 0 Å². The van der Waals surface area contributed by atoms with Crippen LogP contribution in [0.5, 0.6) is 11.5 Å². The van der Waals surface area contributed by atoms with E-state index in [4.69, 9.17) is 14.6 Å². The summed E-state index contributed by atoms with van der Waals surface area (Å²) in [5.41, 5.74) is -1.46. The largest absolute Gasteiger partial charge is 0.457 e. The molecule has 1 aliphatic rings. The second-order valence-corrected chi connectivity index (χ2v) is 6.78. The Kier molecular flexibility index (Phi) is 4.94. The van der Waals surface area contributed by atoms with E-state index in [0.29, 0.717) is 0 Å². The molecule has 0 fully saturated rings. The van der Waals surface area contributed by atoms with Gasteiger partial charge in [0.15, 0.2) is 17.3 Å². The second-order valence-electron chi connectivity index (χ2n) is 5.85. The van der Waals surface area contributed by atoms with Crippen molar-refractivity contribution in [1.29, 1.82) is 5.26 Å². The second kappa shape index (κ2) is 6.92. The lowest BCUT2D eigenvalue weighted by atomic mass is 10.0. The lowest BCUT2D eigenvalue weighted by molar-refractivity contribution is -0.143. The summed E-state index contributed by atoms with van der Waals surface area (Å²) in [5.74, 6) is -6.25. The molecular weight excluding hydrogens is 390 g/mol. The van der Waals surface area contributed by atoms with Gasteiger partial charge in [-0.05, 0) is 23.8 Å². The van der Waals surface area contributed by atoms with Gasteiger partial charge in [0.2, 0.25) is 0 Å². The van der Waals surface area contributed by atoms with Crippen molar-refractivity contribution < 1.29 is 36.2 Å². The Balaban J connectivity index is 2.13. The molecule has 0 saturated carbocycles. The lowest BCUT2D eigenvalue weighted by Crippen LogP contribution is -2.24. The Hall–Kier alpha value is -2.48. The van der Waals surface area contributed by atoms with Gasteiger partial charge in [0, 0.05) is 17.2 Å². The summed E-state index contributed by atoms with van der Waals surface area (Å²) >= 11 is -2.42. The highest BCUT2D eigenvalue weighted by molar-refractivity contribution is 7.78. The van der Waals surface area contributed by atoms with Crippen LogP contribution in [0, 0.1) is 17.1 Å². The molecule has 142 valence electrons. The monoisotopic (exact) mass is 401 g/mol. The summed E-state index contributed by atoms with van der Waals surface area (Å²) < 4.78 is 81.3. The zero-order chi connectivity index (χ0) is 19.9. The Labute approximate surface area is 153 Å². The highest BCUT2D eigenvalue weighted by Gasteiger charge is 2.58. The van der Waals surface area contributed by atoms with Crippen LogP contribution in [0.2, 0.25) is 0 Å². The van der Waals surface area contributed by atoms with Crippen LogP contribution in [-0.2, 0) is 16.8 Å². The first-order chi connectivity index (χ1) is 12.6. The SMILES string of the molecule is N#Cc1cc(F)cc(Oc2ccc(CS(=O)O)c3c2[C@@H](F)C(F)(F)[C@H]3O)c1. The number of fused-ring (bicyclic) bond motifs is 1. The fraction of sp³-hybridized carbons (Fsp3) is 0.235. The van der Waals surface area contributed by atoms with Crippen molar-refractivity contribution in [2.75, 3.05) is 0 Å². The van der Waals surface area contributed by atoms with Gasteiger partial charge in [0.25, 0.3) is 0 Å². The zero-order valence-corrected chi connectivity index (χ0v) is 14.1. The molecule has 2 aromatic rings. The standard InChI is InChI=1S/C17H11F4NO4S/c18-10-3-8(6-22)4-11(5-10)26-12-2-1-9(7-27(24)25)13-14(12)15(19)17(20,21)16(13)23/h1-5,15-16,23H,7H2,(H,24,25)/t15-,16+/m1/s1. The number of hydrogen-bond donors (Lipinski definition) is 2. The molecule has 0 spiro atoms. The van der Waals surface area contributed by atoms with Gasteiger partial charge in [-0.1, -0.05) is 6.07 Å². The maximum atomic E-state index is 14.4. The summed E-state index contributed by atoms with van der Waals surface area (Å²) in [7, 11) is 0. The van der Waals surface area contributed by atoms with Gasteiger partial charge in [0.1, 0.15) is 23.4 Å². The minimum atomic E-state index is -4.17. The number of rotatable bonds is 4. The maximum absolute atomic E-state index is 14.4. The molecule has 27 heavy (non-hydrogen) atoms. The van der Waals surface area contributed by atoms with Gasteiger partial charge in [0.05, 0.1) is 17.4 Å². The van der Waals surface area contributed by atoms with Crippen molar-refractivity contribution in [3.05, 3.63) is 58.4 Å². The van der Waals surface area contributed by atoms with E-state index in [2.05, 4.69) is 0 Å². The van der Waals surface area contributed by atoms with Gasteiger partial charge in [-0.2, -0.15) is 14.0 Å². The Morgan fingerprint density at radius 2 is 1.96 bits per heavy atom. The number of alkyl halides is 3. The molecular formula is C17H11F4NO4S. The van der Waals surface area contributed by atoms with Crippen molar-refractivity contribution in [2.45, 2.75) is 24.0 Å². The van der Waals surface area contributed by atoms with Crippen molar-refractivity contribution in [3.63, 3.8) is 0 Å². The number of nitriles is 1. The topological polar surface area (TPSA) is 90.5 Å². The van der Waals surface area contributed by atoms with E-state index in [1.54, 1.807) is 6.07 Å². The van der Waals surface area contributed by atoms with Crippen LogP contribution in [0.25, 0.3) is 0 Å². The Bertz CT molecular complexity index is 976. The Morgan fingerprint density at radius 1 is 1.26 bits per heavy atom. The van der Waals surface area contributed by atoms with Gasteiger partial charge in [-0.25, -0.2) is 13.0 Å². The first-order valence-electron chi connectivity index (χ1n) is 7.46. The highest BCUT2D eigenvalue weighted by atomic mass is 32.2. The predicted octanol–water partition coefficient (Wildman–Crippen LogP) is 3.90. The van der Waals surface area contributed by atoms with Crippen LogP contribution in [0.4, 0.5) is 17.6 Å². The molecule has 0 saturated heterocycles. The van der Waals surface area contributed by atoms with E-state index in [1.807, 2.05) is 0 Å². The number of nitrogens with zero attached hydrogens (tertiary/aromatic N) is 1. The van der Waals surface area contributed by atoms with Crippen molar-refractivity contribution >= 4 is 11.1 Å². The molecule has 10 heteroatoms. The molecule has 5 nitrogen and oxygen atoms in total. The van der Waals surface area contributed by atoms with Gasteiger partial charge in [-0.15, -0.1) is 0 Å². The molecule has 0 aromatic heterocycles. The summed E-state index contributed by atoms with van der Waals surface area (Å²) in [6.07, 6.45) is -5.47. The minimum absolute atomic E-state index is 0.101. The van der Waals surface area contributed by atoms with E-state index >= 15 is 0 Å². The summed E-state index contributed by atoms with van der Waals surface area (Å²) in [6, 6.07) is 6.84. The fourth-order valence-electron chi connectivity index (χ4n) is 2.93. The molecule has 1 aliphatic carbocycles. The molecule has 0 amide bonds. The van der Waals surface area contributed by atoms with E-state index in [0.717, 1.165) is 30.3 Å². The first-order valence-corrected chi connectivity index (χ1v) is 8.74. The van der Waals surface area contributed by atoms with Crippen LogP contribution >= 0.6 is 0 Å². The molecule has 2 N–H and O–H groups in total. The average molecular weight is 401 g/mol. The predicted molar refractivity (Wildman–Crippen MR) is 85.9 cm³/mol. The third-order valence-corrected chi connectivity index (χ3v) is 4.63.